The second kappa shape index (κ2) is 8.57. The van der Waals surface area contributed by atoms with Crippen molar-refractivity contribution in [2.75, 3.05) is 0 Å². The third-order valence-corrected chi connectivity index (χ3v) is 2.76. The van der Waals surface area contributed by atoms with E-state index in [0.29, 0.717) is 12.3 Å². The molecule has 0 aromatic heterocycles. The van der Waals surface area contributed by atoms with Gasteiger partial charge in [-0.2, -0.15) is 0 Å². The van der Waals surface area contributed by atoms with Crippen LogP contribution < -0.4 is 5.32 Å². The summed E-state index contributed by atoms with van der Waals surface area (Å²) >= 11 is 0. The molecule has 0 radical (unpaired) electrons. The summed E-state index contributed by atoms with van der Waals surface area (Å²) in [5.41, 5.74) is 0. The van der Waals surface area contributed by atoms with Crippen molar-refractivity contribution in [1.29, 1.82) is 0 Å². The van der Waals surface area contributed by atoms with Gasteiger partial charge >= 0.3 is 0 Å². The molecule has 0 aromatic rings. The Morgan fingerprint density at radius 3 is 2.38 bits per heavy atom. The van der Waals surface area contributed by atoms with E-state index in [9.17, 15) is 9.90 Å². The highest BCUT2D eigenvalue weighted by atomic mass is 16.3. The normalized spacial score (nSPS) is 14.9. The molecule has 0 aliphatic carbocycles. The van der Waals surface area contributed by atoms with E-state index in [0.717, 1.165) is 25.7 Å². The Morgan fingerprint density at radius 2 is 1.88 bits per heavy atom. The van der Waals surface area contributed by atoms with E-state index < -0.39 is 6.10 Å². The molecule has 0 aromatic carbocycles. The van der Waals surface area contributed by atoms with Gasteiger partial charge in [0, 0.05) is 6.42 Å². The SMILES string of the molecule is CCCCC(=O)NC(C)[C@@H](O)CCC(C)C. The van der Waals surface area contributed by atoms with Crippen LogP contribution in [0.25, 0.3) is 0 Å². The molecule has 0 fully saturated rings. The maximum atomic E-state index is 11.4. The Morgan fingerprint density at radius 1 is 1.25 bits per heavy atom. The fraction of sp³-hybridized carbons (Fsp3) is 0.923. The number of hydrogen-bond acceptors (Lipinski definition) is 2. The number of carbonyl (C=O) groups excluding carboxylic acids is 1. The number of aliphatic hydroxyl groups excluding tert-OH is 1. The van der Waals surface area contributed by atoms with Crippen LogP contribution in [0.2, 0.25) is 0 Å². The van der Waals surface area contributed by atoms with Gasteiger partial charge in [0.1, 0.15) is 0 Å². The van der Waals surface area contributed by atoms with Gasteiger partial charge in [0.15, 0.2) is 0 Å². The molecule has 0 spiro atoms. The lowest BCUT2D eigenvalue weighted by atomic mass is 10.0. The van der Waals surface area contributed by atoms with E-state index in [2.05, 4.69) is 26.1 Å². The fourth-order valence-electron chi connectivity index (χ4n) is 1.51. The van der Waals surface area contributed by atoms with Gasteiger partial charge in [-0.15, -0.1) is 0 Å². The summed E-state index contributed by atoms with van der Waals surface area (Å²) in [6.45, 7) is 8.21. The number of nitrogens with one attached hydrogen (secondary N) is 1. The van der Waals surface area contributed by atoms with Crippen LogP contribution in [0.3, 0.4) is 0 Å². The smallest absolute Gasteiger partial charge is 0.220 e. The second-order valence-electron chi connectivity index (χ2n) is 5.00. The van der Waals surface area contributed by atoms with Gasteiger partial charge in [-0.05, 0) is 32.1 Å². The Bertz CT molecular complexity index is 192. The van der Waals surface area contributed by atoms with Crippen LogP contribution in [0, 0.1) is 5.92 Å². The lowest BCUT2D eigenvalue weighted by molar-refractivity contribution is -0.122. The summed E-state index contributed by atoms with van der Waals surface area (Å²) in [6.07, 6.45) is 3.84. The third kappa shape index (κ3) is 7.69. The van der Waals surface area contributed by atoms with Gasteiger partial charge in [0.25, 0.3) is 0 Å². The zero-order valence-corrected chi connectivity index (χ0v) is 11.1. The van der Waals surface area contributed by atoms with Crippen LogP contribution >= 0.6 is 0 Å². The van der Waals surface area contributed by atoms with Crippen molar-refractivity contribution in [3.8, 4) is 0 Å². The first-order valence-electron chi connectivity index (χ1n) is 6.44. The van der Waals surface area contributed by atoms with Crippen molar-refractivity contribution in [2.45, 2.75) is 71.9 Å². The minimum atomic E-state index is -0.423. The maximum absolute atomic E-state index is 11.4. The van der Waals surface area contributed by atoms with Crippen molar-refractivity contribution < 1.29 is 9.90 Å². The summed E-state index contributed by atoms with van der Waals surface area (Å²) < 4.78 is 0. The van der Waals surface area contributed by atoms with E-state index in [1.807, 2.05) is 6.92 Å². The first-order valence-corrected chi connectivity index (χ1v) is 6.44. The third-order valence-electron chi connectivity index (χ3n) is 2.76. The largest absolute Gasteiger partial charge is 0.391 e. The fourth-order valence-corrected chi connectivity index (χ4v) is 1.51. The van der Waals surface area contributed by atoms with Gasteiger partial charge in [0.2, 0.25) is 5.91 Å². The topological polar surface area (TPSA) is 49.3 Å². The lowest BCUT2D eigenvalue weighted by Crippen LogP contribution is -2.41. The van der Waals surface area contributed by atoms with Crippen LogP contribution in [0.5, 0.6) is 0 Å². The van der Waals surface area contributed by atoms with E-state index >= 15 is 0 Å². The molecule has 1 amide bonds. The Kier molecular flexibility index (Phi) is 8.26. The molecule has 0 saturated heterocycles. The molecule has 0 aliphatic rings. The van der Waals surface area contributed by atoms with Crippen LogP contribution in [0.1, 0.15) is 59.8 Å². The number of hydrogen-bond donors (Lipinski definition) is 2. The second-order valence-corrected chi connectivity index (χ2v) is 5.00. The molecule has 2 N–H and O–H groups in total. The van der Waals surface area contributed by atoms with Gasteiger partial charge in [-0.25, -0.2) is 0 Å². The number of unbranched alkanes of at least 4 members (excludes halogenated alkanes) is 1. The average Bonchev–Trinajstić information content (AvgIpc) is 2.22. The molecule has 0 saturated carbocycles. The molecule has 16 heavy (non-hydrogen) atoms. The summed E-state index contributed by atoms with van der Waals surface area (Å²) in [6, 6.07) is -0.136. The summed E-state index contributed by atoms with van der Waals surface area (Å²) in [5, 5.41) is 12.7. The van der Waals surface area contributed by atoms with E-state index in [4.69, 9.17) is 0 Å². The van der Waals surface area contributed by atoms with Crippen molar-refractivity contribution in [1.82, 2.24) is 5.32 Å². The van der Waals surface area contributed by atoms with E-state index in [1.54, 1.807) is 0 Å². The van der Waals surface area contributed by atoms with Crippen LogP contribution in [-0.2, 0) is 4.79 Å². The lowest BCUT2D eigenvalue weighted by Gasteiger charge is -2.21. The molecule has 1 unspecified atom stereocenters. The van der Waals surface area contributed by atoms with Crippen molar-refractivity contribution in [2.24, 2.45) is 5.92 Å². The predicted molar refractivity (Wildman–Crippen MR) is 67.2 cm³/mol. The highest BCUT2D eigenvalue weighted by Gasteiger charge is 2.16. The van der Waals surface area contributed by atoms with Gasteiger partial charge in [0.05, 0.1) is 12.1 Å². The van der Waals surface area contributed by atoms with Gasteiger partial charge in [-0.1, -0.05) is 27.2 Å². The number of aliphatic hydroxyl groups is 1. The molecule has 3 heteroatoms. The minimum Gasteiger partial charge on any atom is -0.391 e. The monoisotopic (exact) mass is 229 g/mol. The maximum Gasteiger partial charge on any atom is 0.220 e. The molecule has 0 rings (SSSR count). The molecule has 3 nitrogen and oxygen atoms in total. The van der Waals surface area contributed by atoms with Crippen LogP contribution in [0.15, 0.2) is 0 Å². The first kappa shape index (κ1) is 15.4. The first-order chi connectivity index (χ1) is 7.47. The van der Waals surface area contributed by atoms with Crippen LogP contribution in [-0.4, -0.2) is 23.2 Å². The Hall–Kier alpha value is -0.570. The Balaban J connectivity index is 3.76. The minimum absolute atomic E-state index is 0.0537. The predicted octanol–water partition coefficient (Wildman–Crippen LogP) is 2.48. The number of rotatable bonds is 8. The van der Waals surface area contributed by atoms with Gasteiger partial charge in [-0.3, -0.25) is 4.79 Å². The molecule has 0 heterocycles. The Labute approximate surface area is 99.6 Å². The van der Waals surface area contributed by atoms with E-state index in [1.165, 1.54) is 0 Å². The van der Waals surface area contributed by atoms with Crippen molar-refractivity contribution >= 4 is 5.91 Å². The zero-order valence-electron chi connectivity index (χ0n) is 11.1. The molecule has 0 aliphatic heterocycles. The van der Waals surface area contributed by atoms with E-state index in [-0.39, 0.29) is 11.9 Å². The number of amides is 1. The molecule has 0 bridgehead atoms. The standard InChI is InChI=1S/C13H27NO2/c1-5-6-7-13(16)14-11(4)12(15)9-8-10(2)3/h10-12,15H,5-9H2,1-4H3,(H,14,16)/t11?,12-/m0/s1. The summed E-state index contributed by atoms with van der Waals surface area (Å²) in [5.74, 6) is 0.649. The summed E-state index contributed by atoms with van der Waals surface area (Å²) in [4.78, 5) is 11.4. The number of carbonyl (C=O) groups is 1. The quantitative estimate of drug-likeness (QED) is 0.672. The molecular formula is C13H27NO2. The molecule has 96 valence electrons. The van der Waals surface area contributed by atoms with Gasteiger partial charge < -0.3 is 10.4 Å². The summed E-state index contributed by atoms with van der Waals surface area (Å²) in [7, 11) is 0. The average molecular weight is 229 g/mol. The highest BCUT2D eigenvalue weighted by molar-refractivity contribution is 5.76. The van der Waals surface area contributed by atoms with Crippen molar-refractivity contribution in [3.63, 3.8) is 0 Å². The molecule has 2 atom stereocenters. The van der Waals surface area contributed by atoms with Crippen molar-refractivity contribution in [3.05, 3.63) is 0 Å². The highest BCUT2D eigenvalue weighted by Crippen LogP contribution is 2.09. The van der Waals surface area contributed by atoms with Crippen LogP contribution in [0.4, 0.5) is 0 Å². The molecular weight excluding hydrogens is 202 g/mol. The zero-order chi connectivity index (χ0) is 12.6.